The van der Waals surface area contributed by atoms with Gasteiger partial charge in [-0.3, -0.25) is 0 Å². The lowest BCUT2D eigenvalue weighted by atomic mass is 10.0. The molecule has 2 unspecified atom stereocenters. The molecule has 0 radical (unpaired) electrons. The molecule has 0 amide bonds. The van der Waals surface area contributed by atoms with Gasteiger partial charge in [0.2, 0.25) is 10.0 Å². The Balaban J connectivity index is 0.00000220. The molecule has 0 aliphatic carbocycles. The lowest BCUT2D eigenvalue weighted by Gasteiger charge is -2.30. The lowest BCUT2D eigenvalue weighted by Crippen LogP contribution is -2.51. The second kappa shape index (κ2) is 7.24. The van der Waals surface area contributed by atoms with Crippen molar-refractivity contribution >= 4 is 34.0 Å². The molecule has 8 heteroatoms. The van der Waals surface area contributed by atoms with Crippen LogP contribution in [-0.2, 0) is 10.0 Å². The van der Waals surface area contributed by atoms with Gasteiger partial charge in [-0.2, -0.15) is 0 Å². The first-order valence-electron chi connectivity index (χ1n) is 6.52. The largest absolute Gasteiger partial charge is 0.313 e. The summed E-state index contributed by atoms with van der Waals surface area (Å²) in [4.78, 5) is -0.0733. The lowest BCUT2D eigenvalue weighted by molar-refractivity contribution is 0.349. The molecular formula is C13H19Cl2FN2O2S. The molecule has 0 aromatic heterocycles. The Morgan fingerprint density at radius 3 is 2.71 bits per heavy atom. The van der Waals surface area contributed by atoms with Crippen molar-refractivity contribution in [2.45, 2.75) is 43.7 Å². The SMILES string of the molecule is Cc1cc(S(=O)(=O)NC2CCCNC2C)c(Cl)cc1F.Cl. The van der Waals surface area contributed by atoms with Crippen molar-refractivity contribution < 1.29 is 12.8 Å². The fourth-order valence-electron chi connectivity index (χ4n) is 2.30. The predicted molar refractivity (Wildman–Crippen MR) is 84.2 cm³/mol. The molecule has 2 rings (SSSR count). The highest BCUT2D eigenvalue weighted by molar-refractivity contribution is 7.89. The van der Waals surface area contributed by atoms with Gasteiger partial charge < -0.3 is 5.32 Å². The number of piperidine rings is 1. The highest BCUT2D eigenvalue weighted by Gasteiger charge is 2.28. The van der Waals surface area contributed by atoms with E-state index < -0.39 is 15.8 Å². The molecule has 1 aromatic rings. The number of sulfonamides is 1. The summed E-state index contributed by atoms with van der Waals surface area (Å²) in [6, 6.07) is 2.17. The van der Waals surface area contributed by atoms with Crippen LogP contribution in [0.3, 0.4) is 0 Å². The normalized spacial score (nSPS) is 22.7. The third kappa shape index (κ3) is 4.29. The van der Waals surface area contributed by atoms with E-state index in [1.165, 1.54) is 13.0 Å². The second-order valence-corrected chi connectivity index (χ2v) is 7.23. The van der Waals surface area contributed by atoms with Crippen LogP contribution in [-0.4, -0.2) is 27.0 Å². The van der Waals surface area contributed by atoms with Crippen LogP contribution in [0.25, 0.3) is 0 Å². The van der Waals surface area contributed by atoms with Crippen molar-refractivity contribution in [2.75, 3.05) is 6.54 Å². The van der Waals surface area contributed by atoms with Crippen LogP contribution in [0, 0.1) is 12.7 Å². The van der Waals surface area contributed by atoms with E-state index in [1.807, 2.05) is 6.92 Å². The molecular weight excluding hydrogens is 338 g/mol. The van der Waals surface area contributed by atoms with Gasteiger partial charge in [-0.15, -0.1) is 12.4 Å². The van der Waals surface area contributed by atoms with Crippen LogP contribution in [0.4, 0.5) is 4.39 Å². The molecule has 2 atom stereocenters. The Morgan fingerprint density at radius 1 is 1.43 bits per heavy atom. The summed E-state index contributed by atoms with van der Waals surface area (Å²) < 4.78 is 40.8. The average Bonchev–Trinajstić information content (AvgIpc) is 2.36. The standard InChI is InChI=1S/C13H18ClFN2O2S.ClH/c1-8-6-13(10(14)7-11(8)15)20(18,19)17-12-4-3-5-16-9(12)2;/h6-7,9,12,16-17H,3-5H2,1-2H3;1H. The number of rotatable bonds is 3. The van der Waals surface area contributed by atoms with Crippen molar-refractivity contribution in [3.63, 3.8) is 0 Å². The van der Waals surface area contributed by atoms with E-state index >= 15 is 0 Å². The monoisotopic (exact) mass is 356 g/mol. The zero-order chi connectivity index (χ0) is 14.9. The predicted octanol–water partition coefficient (Wildman–Crippen LogP) is 2.63. The molecule has 0 spiro atoms. The molecule has 1 heterocycles. The van der Waals surface area contributed by atoms with Crippen LogP contribution in [0.2, 0.25) is 5.02 Å². The fraction of sp³-hybridized carbons (Fsp3) is 0.538. The molecule has 21 heavy (non-hydrogen) atoms. The third-order valence-corrected chi connectivity index (χ3v) is 5.53. The first-order valence-corrected chi connectivity index (χ1v) is 8.39. The Morgan fingerprint density at radius 2 is 2.10 bits per heavy atom. The number of benzene rings is 1. The Hall–Kier alpha value is -0.400. The summed E-state index contributed by atoms with van der Waals surface area (Å²) in [5.41, 5.74) is 0.254. The minimum atomic E-state index is -3.75. The van der Waals surface area contributed by atoms with Crippen molar-refractivity contribution in [3.05, 3.63) is 28.5 Å². The maximum Gasteiger partial charge on any atom is 0.242 e. The van der Waals surface area contributed by atoms with Gasteiger partial charge in [0.05, 0.1) is 5.02 Å². The van der Waals surface area contributed by atoms with Crippen molar-refractivity contribution in [3.8, 4) is 0 Å². The molecule has 120 valence electrons. The average molecular weight is 357 g/mol. The van der Waals surface area contributed by atoms with E-state index in [0.29, 0.717) is 0 Å². The van der Waals surface area contributed by atoms with Gasteiger partial charge in [0.15, 0.2) is 0 Å². The Kier molecular flexibility index (Phi) is 6.43. The number of hydrogen-bond donors (Lipinski definition) is 2. The summed E-state index contributed by atoms with van der Waals surface area (Å²) in [5, 5.41) is 3.12. The highest BCUT2D eigenvalue weighted by Crippen LogP contribution is 2.25. The molecule has 1 saturated heterocycles. The van der Waals surface area contributed by atoms with E-state index in [2.05, 4.69) is 10.0 Å². The smallest absolute Gasteiger partial charge is 0.242 e. The highest BCUT2D eigenvalue weighted by atomic mass is 35.5. The summed E-state index contributed by atoms with van der Waals surface area (Å²) >= 11 is 5.87. The number of hydrogen-bond acceptors (Lipinski definition) is 3. The molecule has 1 fully saturated rings. The first-order chi connectivity index (χ1) is 9.31. The minimum Gasteiger partial charge on any atom is -0.313 e. The van der Waals surface area contributed by atoms with E-state index in [0.717, 1.165) is 25.5 Å². The minimum absolute atomic E-state index is 0. The summed E-state index contributed by atoms with van der Waals surface area (Å²) in [7, 11) is -3.75. The van der Waals surface area contributed by atoms with E-state index in [-0.39, 0.29) is 40.0 Å². The molecule has 4 nitrogen and oxygen atoms in total. The number of aryl methyl sites for hydroxylation is 1. The van der Waals surface area contributed by atoms with Crippen LogP contribution in [0.15, 0.2) is 17.0 Å². The van der Waals surface area contributed by atoms with Crippen molar-refractivity contribution in [1.82, 2.24) is 10.0 Å². The van der Waals surface area contributed by atoms with Gasteiger partial charge >= 0.3 is 0 Å². The third-order valence-electron chi connectivity index (χ3n) is 3.57. The van der Waals surface area contributed by atoms with Gasteiger partial charge in [0.1, 0.15) is 10.7 Å². The van der Waals surface area contributed by atoms with Crippen LogP contribution in [0.5, 0.6) is 0 Å². The van der Waals surface area contributed by atoms with Gasteiger partial charge in [0, 0.05) is 12.1 Å². The Bertz CT molecular complexity index is 610. The van der Waals surface area contributed by atoms with Crippen LogP contribution in [0.1, 0.15) is 25.3 Å². The zero-order valence-electron chi connectivity index (χ0n) is 11.8. The summed E-state index contributed by atoms with van der Waals surface area (Å²) in [5.74, 6) is -0.512. The molecule has 1 aliphatic rings. The maximum atomic E-state index is 13.4. The zero-order valence-corrected chi connectivity index (χ0v) is 14.2. The van der Waals surface area contributed by atoms with Gasteiger partial charge in [-0.1, -0.05) is 11.6 Å². The molecule has 1 aromatic carbocycles. The summed E-state index contributed by atoms with van der Waals surface area (Å²) in [6.07, 6.45) is 1.68. The van der Waals surface area contributed by atoms with Crippen LogP contribution >= 0.6 is 24.0 Å². The topological polar surface area (TPSA) is 58.2 Å². The second-order valence-electron chi connectivity index (χ2n) is 5.14. The number of halogens is 3. The van der Waals surface area contributed by atoms with E-state index in [1.54, 1.807) is 0 Å². The summed E-state index contributed by atoms with van der Waals surface area (Å²) in [6.45, 7) is 4.33. The van der Waals surface area contributed by atoms with Crippen LogP contribution < -0.4 is 10.0 Å². The Labute approximate surface area is 135 Å². The van der Waals surface area contributed by atoms with Gasteiger partial charge in [-0.05, 0) is 50.9 Å². The van der Waals surface area contributed by atoms with Crippen molar-refractivity contribution in [2.24, 2.45) is 0 Å². The molecule has 0 saturated carbocycles. The molecule has 0 bridgehead atoms. The first kappa shape index (κ1) is 18.6. The molecule has 2 N–H and O–H groups in total. The fourth-order valence-corrected chi connectivity index (χ4v) is 4.25. The van der Waals surface area contributed by atoms with E-state index in [9.17, 15) is 12.8 Å². The number of nitrogens with one attached hydrogen (secondary N) is 2. The van der Waals surface area contributed by atoms with Gasteiger partial charge in [0.25, 0.3) is 0 Å². The van der Waals surface area contributed by atoms with Gasteiger partial charge in [-0.25, -0.2) is 17.5 Å². The van der Waals surface area contributed by atoms with E-state index in [4.69, 9.17) is 11.6 Å². The van der Waals surface area contributed by atoms with Crippen molar-refractivity contribution in [1.29, 1.82) is 0 Å². The quantitative estimate of drug-likeness (QED) is 0.874. The molecule has 1 aliphatic heterocycles. The maximum absolute atomic E-state index is 13.4.